The zero-order valence-electron chi connectivity index (χ0n) is 17.3. The van der Waals surface area contributed by atoms with Gasteiger partial charge in [0.2, 0.25) is 0 Å². The number of carbonyl (C=O) groups excluding carboxylic acids is 2. The first-order valence-electron chi connectivity index (χ1n) is 10.3. The summed E-state index contributed by atoms with van der Waals surface area (Å²) < 4.78 is 4.69. The third-order valence-corrected chi connectivity index (χ3v) is 6.25. The van der Waals surface area contributed by atoms with Gasteiger partial charge in [0.1, 0.15) is 0 Å². The molecular formula is C24H34O3. The van der Waals surface area contributed by atoms with E-state index in [2.05, 4.69) is 30.9 Å². The van der Waals surface area contributed by atoms with E-state index in [1.165, 1.54) is 25.5 Å². The fraction of sp³-hybridized carbons (Fsp3) is 0.667. The molecule has 0 heterocycles. The van der Waals surface area contributed by atoms with Gasteiger partial charge in [-0.3, -0.25) is 9.59 Å². The van der Waals surface area contributed by atoms with Gasteiger partial charge < -0.3 is 4.74 Å². The number of unbranched alkanes of at least 4 members (excludes halogenated alkanes) is 1. The lowest BCUT2D eigenvalue weighted by Crippen LogP contribution is -2.13. The van der Waals surface area contributed by atoms with Crippen LogP contribution < -0.4 is 0 Å². The van der Waals surface area contributed by atoms with Crippen molar-refractivity contribution in [2.75, 3.05) is 7.11 Å². The van der Waals surface area contributed by atoms with Gasteiger partial charge in [-0.05, 0) is 68.8 Å². The smallest absolute Gasteiger partial charge is 0.305 e. The van der Waals surface area contributed by atoms with E-state index >= 15 is 0 Å². The summed E-state index contributed by atoms with van der Waals surface area (Å²) in [6.07, 6.45) is 12.9. The molecule has 0 bridgehead atoms. The first kappa shape index (κ1) is 21.5. The Morgan fingerprint density at radius 1 is 1.33 bits per heavy atom. The lowest BCUT2D eigenvalue weighted by molar-refractivity contribution is -0.140. The normalized spacial score (nSPS) is 29.4. The highest BCUT2D eigenvalue weighted by atomic mass is 16.5. The molecule has 3 nitrogen and oxygen atoms in total. The zero-order valence-corrected chi connectivity index (χ0v) is 17.3. The van der Waals surface area contributed by atoms with Gasteiger partial charge in [-0.1, -0.05) is 31.6 Å². The van der Waals surface area contributed by atoms with E-state index in [4.69, 9.17) is 4.74 Å². The van der Waals surface area contributed by atoms with E-state index < -0.39 is 0 Å². The molecule has 0 amide bonds. The third kappa shape index (κ3) is 6.09. The van der Waals surface area contributed by atoms with Gasteiger partial charge in [-0.25, -0.2) is 0 Å². The summed E-state index contributed by atoms with van der Waals surface area (Å²) in [5, 5.41) is 0. The van der Waals surface area contributed by atoms with Crippen LogP contribution in [0.15, 0.2) is 23.8 Å². The highest BCUT2D eigenvalue weighted by Gasteiger charge is 2.43. The number of ether oxygens (including phenoxy) is 1. The van der Waals surface area contributed by atoms with Crippen LogP contribution in [0.5, 0.6) is 0 Å². The Bertz CT molecular complexity index is 646. The largest absolute Gasteiger partial charge is 0.469 e. The topological polar surface area (TPSA) is 43.4 Å². The predicted molar refractivity (Wildman–Crippen MR) is 109 cm³/mol. The Morgan fingerprint density at radius 3 is 2.81 bits per heavy atom. The van der Waals surface area contributed by atoms with Gasteiger partial charge in [0.25, 0.3) is 0 Å². The molecule has 0 aromatic heterocycles. The molecule has 0 aromatic rings. The number of fused-ring (bicyclic) bond motifs is 1. The summed E-state index contributed by atoms with van der Waals surface area (Å²) in [7, 11) is 1.44. The fourth-order valence-corrected chi connectivity index (χ4v) is 4.69. The molecule has 2 fully saturated rings. The molecule has 0 aliphatic heterocycles. The summed E-state index contributed by atoms with van der Waals surface area (Å²) in [5.74, 6) is 8.49. The minimum Gasteiger partial charge on any atom is -0.469 e. The number of allylic oxidation sites excluding steroid dienone is 4. The van der Waals surface area contributed by atoms with Crippen molar-refractivity contribution in [2.45, 2.75) is 65.7 Å². The van der Waals surface area contributed by atoms with Crippen LogP contribution in [0.3, 0.4) is 0 Å². The molecule has 1 unspecified atom stereocenters. The lowest BCUT2D eigenvalue weighted by Gasteiger charge is -2.18. The predicted octanol–water partition coefficient (Wildman–Crippen LogP) is 5.11. The lowest BCUT2D eigenvalue weighted by atomic mass is 9.87. The fourth-order valence-electron chi connectivity index (χ4n) is 4.69. The number of methoxy groups -OCH3 is 1. The maximum absolute atomic E-state index is 12.3. The van der Waals surface area contributed by atoms with Crippen LogP contribution >= 0.6 is 0 Å². The van der Waals surface area contributed by atoms with Crippen molar-refractivity contribution >= 4 is 11.8 Å². The maximum Gasteiger partial charge on any atom is 0.305 e. The first-order valence-corrected chi connectivity index (χ1v) is 10.3. The van der Waals surface area contributed by atoms with Crippen LogP contribution in [0.4, 0.5) is 0 Å². The molecule has 2 rings (SSSR count). The van der Waals surface area contributed by atoms with Gasteiger partial charge in [-0.15, -0.1) is 11.8 Å². The van der Waals surface area contributed by atoms with Crippen LogP contribution in [0.1, 0.15) is 65.7 Å². The summed E-state index contributed by atoms with van der Waals surface area (Å²) in [6.45, 7) is 6.10. The van der Waals surface area contributed by atoms with Crippen LogP contribution in [0, 0.1) is 41.4 Å². The Balaban J connectivity index is 1.88. The van der Waals surface area contributed by atoms with Gasteiger partial charge in [0.15, 0.2) is 5.78 Å². The molecule has 0 N–H and O–H groups in total. The first-order chi connectivity index (χ1) is 13.0. The monoisotopic (exact) mass is 370 g/mol. The highest BCUT2D eigenvalue weighted by Crippen LogP contribution is 2.52. The quantitative estimate of drug-likeness (QED) is 0.196. The third-order valence-electron chi connectivity index (χ3n) is 6.25. The van der Waals surface area contributed by atoms with Crippen molar-refractivity contribution in [3.63, 3.8) is 0 Å². The number of ketones is 1. The molecule has 27 heavy (non-hydrogen) atoms. The molecule has 0 spiro atoms. The second kappa shape index (κ2) is 10.5. The minimum atomic E-state index is -0.125. The second-order valence-electron chi connectivity index (χ2n) is 8.25. The van der Waals surface area contributed by atoms with E-state index in [0.717, 1.165) is 25.2 Å². The Labute approximate surface area is 164 Å². The van der Waals surface area contributed by atoms with Crippen LogP contribution in [-0.2, 0) is 14.3 Å². The van der Waals surface area contributed by atoms with Gasteiger partial charge in [0.05, 0.1) is 7.11 Å². The Morgan fingerprint density at radius 2 is 2.11 bits per heavy atom. The van der Waals surface area contributed by atoms with Crippen molar-refractivity contribution in [1.82, 2.24) is 0 Å². The minimum absolute atomic E-state index is 0.0185. The number of hydrogen-bond donors (Lipinski definition) is 0. The number of carbonyl (C=O) groups is 2. The molecule has 0 radical (unpaired) electrons. The van der Waals surface area contributed by atoms with Crippen molar-refractivity contribution in [3.8, 4) is 11.8 Å². The molecular weight excluding hydrogens is 336 g/mol. The van der Waals surface area contributed by atoms with Gasteiger partial charge in [-0.2, -0.15) is 0 Å². The van der Waals surface area contributed by atoms with E-state index in [9.17, 15) is 9.59 Å². The van der Waals surface area contributed by atoms with Crippen molar-refractivity contribution in [3.05, 3.63) is 23.8 Å². The Kier molecular flexibility index (Phi) is 8.35. The van der Waals surface area contributed by atoms with Crippen LogP contribution in [0.25, 0.3) is 0 Å². The average Bonchev–Trinajstić information content (AvgIpc) is 3.17. The number of hydrogen-bond acceptors (Lipinski definition) is 3. The number of esters is 1. The SMILES string of the molecule is CC#CC[C@@H](C)C(=O)/C=C/[C@H]1[C@H](C)CC2C/C(=C\CCCC(=O)OC)C[C@@H]21. The number of rotatable bonds is 8. The molecule has 0 aromatic carbocycles. The average molecular weight is 371 g/mol. The van der Waals surface area contributed by atoms with Crippen molar-refractivity contribution in [1.29, 1.82) is 0 Å². The van der Waals surface area contributed by atoms with Crippen LogP contribution in [-0.4, -0.2) is 18.9 Å². The van der Waals surface area contributed by atoms with Crippen LogP contribution in [0.2, 0.25) is 0 Å². The van der Waals surface area contributed by atoms with Crippen molar-refractivity contribution < 1.29 is 14.3 Å². The molecule has 2 saturated carbocycles. The molecule has 3 heteroatoms. The van der Waals surface area contributed by atoms with Gasteiger partial charge >= 0.3 is 5.97 Å². The standard InChI is InChI=1S/C24H34O3/c1-5-6-9-17(2)23(25)13-12-21-18(3)14-20-15-19(16-22(20)21)10-7-8-11-24(26)27-4/h10,12-13,17-18,20-22H,7-9,11,14-16H2,1-4H3/b13-12+,19-10+/t17-,18-,20?,21+,22+/m1/s1. The summed E-state index contributed by atoms with van der Waals surface area (Å²) in [6, 6.07) is 0. The van der Waals surface area contributed by atoms with Crippen molar-refractivity contribution in [2.24, 2.45) is 29.6 Å². The Hall–Kier alpha value is -1.82. The summed E-state index contributed by atoms with van der Waals surface area (Å²) in [5.41, 5.74) is 1.54. The summed E-state index contributed by atoms with van der Waals surface area (Å²) in [4.78, 5) is 23.5. The molecule has 2 aliphatic carbocycles. The van der Waals surface area contributed by atoms with E-state index in [1.807, 2.05) is 19.9 Å². The van der Waals surface area contributed by atoms with Gasteiger partial charge in [0, 0.05) is 18.8 Å². The van der Waals surface area contributed by atoms with E-state index in [0.29, 0.717) is 30.6 Å². The molecule has 0 saturated heterocycles. The maximum atomic E-state index is 12.3. The van der Waals surface area contributed by atoms with E-state index in [-0.39, 0.29) is 17.7 Å². The van der Waals surface area contributed by atoms with E-state index in [1.54, 1.807) is 0 Å². The molecule has 148 valence electrons. The second-order valence-corrected chi connectivity index (χ2v) is 8.25. The molecule has 5 atom stereocenters. The summed E-state index contributed by atoms with van der Waals surface area (Å²) >= 11 is 0. The molecule has 2 aliphatic rings. The zero-order chi connectivity index (χ0) is 19.8. The highest BCUT2D eigenvalue weighted by molar-refractivity contribution is 5.91.